The van der Waals surface area contributed by atoms with Crippen molar-refractivity contribution in [1.29, 1.82) is 0 Å². The summed E-state index contributed by atoms with van der Waals surface area (Å²) in [5.74, 6) is -0.258. The molecule has 0 atom stereocenters. The van der Waals surface area contributed by atoms with E-state index in [1.807, 2.05) is 13.8 Å². The maximum atomic E-state index is 12.8. The SMILES string of the molecule is CC(C)c1[nH]n(-c2ccc(F)cc2)c(=O)c1CO. The molecule has 1 heterocycles. The number of H-pyrrole nitrogens is 1. The molecule has 0 aliphatic carbocycles. The number of benzene rings is 1. The Bertz CT molecular complexity index is 596. The predicted octanol–water partition coefficient (Wildman–Crippen LogP) is 1.92. The molecule has 2 rings (SSSR count). The lowest BCUT2D eigenvalue weighted by molar-refractivity contribution is 0.279. The molecule has 2 N–H and O–H groups in total. The van der Waals surface area contributed by atoms with Crippen LogP contribution >= 0.6 is 0 Å². The van der Waals surface area contributed by atoms with E-state index in [1.54, 1.807) is 0 Å². The normalized spacial score (nSPS) is 11.2. The van der Waals surface area contributed by atoms with Crippen molar-refractivity contribution < 1.29 is 9.50 Å². The highest BCUT2D eigenvalue weighted by Gasteiger charge is 2.16. The van der Waals surface area contributed by atoms with Crippen molar-refractivity contribution in [3.63, 3.8) is 0 Å². The summed E-state index contributed by atoms with van der Waals surface area (Å²) >= 11 is 0. The molecule has 0 unspecified atom stereocenters. The lowest BCUT2D eigenvalue weighted by Crippen LogP contribution is -2.17. The quantitative estimate of drug-likeness (QED) is 0.874. The summed E-state index contributed by atoms with van der Waals surface area (Å²) < 4.78 is 14.2. The minimum absolute atomic E-state index is 0.0987. The van der Waals surface area contributed by atoms with Crippen LogP contribution in [0.15, 0.2) is 29.1 Å². The van der Waals surface area contributed by atoms with Crippen LogP contribution in [-0.4, -0.2) is 14.9 Å². The molecular weight excluding hydrogens is 235 g/mol. The summed E-state index contributed by atoms with van der Waals surface area (Å²) in [5.41, 5.74) is 1.30. The molecule has 0 spiro atoms. The molecule has 96 valence electrons. The van der Waals surface area contributed by atoms with E-state index in [1.165, 1.54) is 28.9 Å². The van der Waals surface area contributed by atoms with Gasteiger partial charge in [0, 0.05) is 5.69 Å². The number of rotatable bonds is 3. The predicted molar refractivity (Wildman–Crippen MR) is 66.4 cm³/mol. The van der Waals surface area contributed by atoms with E-state index >= 15 is 0 Å². The van der Waals surface area contributed by atoms with Gasteiger partial charge in [0.2, 0.25) is 0 Å². The van der Waals surface area contributed by atoms with E-state index in [9.17, 15) is 14.3 Å². The zero-order valence-corrected chi connectivity index (χ0v) is 10.3. The van der Waals surface area contributed by atoms with E-state index in [0.29, 0.717) is 16.9 Å². The molecule has 18 heavy (non-hydrogen) atoms. The molecule has 0 aliphatic rings. The number of halogens is 1. The Morgan fingerprint density at radius 1 is 1.33 bits per heavy atom. The van der Waals surface area contributed by atoms with Gasteiger partial charge in [0.05, 0.1) is 17.9 Å². The summed E-state index contributed by atoms with van der Waals surface area (Å²) in [6.45, 7) is 3.55. The smallest absolute Gasteiger partial charge is 0.277 e. The van der Waals surface area contributed by atoms with Gasteiger partial charge >= 0.3 is 0 Å². The van der Waals surface area contributed by atoms with E-state index < -0.39 is 0 Å². The number of aliphatic hydroxyl groups excluding tert-OH is 1. The summed E-state index contributed by atoms with van der Waals surface area (Å²) in [6.07, 6.45) is 0. The second-order valence-corrected chi connectivity index (χ2v) is 4.43. The highest BCUT2D eigenvalue weighted by molar-refractivity contribution is 5.33. The van der Waals surface area contributed by atoms with E-state index in [0.717, 1.165) is 0 Å². The van der Waals surface area contributed by atoms with Crippen LogP contribution in [0.4, 0.5) is 4.39 Å². The van der Waals surface area contributed by atoms with E-state index in [-0.39, 0.29) is 23.9 Å². The average molecular weight is 250 g/mol. The maximum absolute atomic E-state index is 12.8. The first-order valence-corrected chi connectivity index (χ1v) is 5.75. The summed E-state index contributed by atoms with van der Waals surface area (Å²) in [7, 11) is 0. The molecule has 1 aromatic heterocycles. The fourth-order valence-electron chi connectivity index (χ4n) is 1.89. The Labute approximate surface area is 104 Å². The third-order valence-corrected chi connectivity index (χ3v) is 2.84. The topological polar surface area (TPSA) is 58.0 Å². The third-order valence-electron chi connectivity index (χ3n) is 2.84. The van der Waals surface area contributed by atoms with Gasteiger partial charge in [-0.1, -0.05) is 13.8 Å². The third kappa shape index (κ3) is 2.09. The van der Waals surface area contributed by atoms with Crippen LogP contribution in [0.1, 0.15) is 31.0 Å². The lowest BCUT2D eigenvalue weighted by atomic mass is 10.1. The first-order valence-electron chi connectivity index (χ1n) is 5.75. The Morgan fingerprint density at radius 3 is 2.39 bits per heavy atom. The van der Waals surface area contributed by atoms with Crippen molar-refractivity contribution in [3.8, 4) is 5.69 Å². The minimum Gasteiger partial charge on any atom is -0.391 e. The van der Waals surface area contributed by atoms with Crippen LogP contribution in [0.25, 0.3) is 5.69 Å². The standard InChI is InChI=1S/C13H15FN2O2/c1-8(2)12-11(7-17)13(18)16(15-12)10-5-3-9(14)4-6-10/h3-6,8,15,17H,7H2,1-2H3. The molecule has 0 bridgehead atoms. The fourth-order valence-corrected chi connectivity index (χ4v) is 1.89. The van der Waals surface area contributed by atoms with Gasteiger partial charge < -0.3 is 5.11 Å². The van der Waals surface area contributed by atoms with Gasteiger partial charge in [-0.2, -0.15) is 0 Å². The number of aromatic nitrogens is 2. The average Bonchev–Trinajstić information content (AvgIpc) is 2.67. The van der Waals surface area contributed by atoms with Gasteiger partial charge in [-0.15, -0.1) is 0 Å². The van der Waals surface area contributed by atoms with Crippen LogP contribution in [-0.2, 0) is 6.61 Å². The molecule has 0 radical (unpaired) electrons. The molecule has 5 heteroatoms. The Balaban J connectivity index is 2.59. The first-order chi connectivity index (χ1) is 8.54. The van der Waals surface area contributed by atoms with Crippen LogP contribution in [0.3, 0.4) is 0 Å². The molecule has 0 fully saturated rings. The summed E-state index contributed by atoms with van der Waals surface area (Å²) in [5, 5.41) is 12.2. The lowest BCUT2D eigenvalue weighted by Gasteiger charge is -2.04. The molecule has 2 aromatic rings. The number of nitrogens with zero attached hydrogens (tertiary/aromatic N) is 1. The van der Waals surface area contributed by atoms with Gasteiger partial charge in [0.15, 0.2) is 0 Å². The van der Waals surface area contributed by atoms with Crippen molar-refractivity contribution >= 4 is 0 Å². The first kappa shape index (κ1) is 12.6. The number of aliphatic hydroxyl groups is 1. The zero-order chi connectivity index (χ0) is 13.3. The van der Waals surface area contributed by atoms with Gasteiger partial charge in [-0.3, -0.25) is 9.89 Å². The Hall–Kier alpha value is -1.88. The highest BCUT2D eigenvalue weighted by atomic mass is 19.1. The van der Waals surface area contributed by atoms with Gasteiger partial charge in [-0.05, 0) is 30.2 Å². The van der Waals surface area contributed by atoms with Crippen LogP contribution in [0.2, 0.25) is 0 Å². The summed E-state index contributed by atoms with van der Waals surface area (Å²) in [4.78, 5) is 12.1. The molecule has 0 saturated heterocycles. The Kier molecular flexibility index (Phi) is 3.34. The van der Waals surface area contributed by atoms with Crippen LogP contribution in [0.5, 0.6) is 0 Å². The van der Waals surface area contributed by atoms with Crippen molar-refractivity contribution in [2.24, 2.45) is 0 Å². The van der Waals surface area contributed by atoms with Crippen LogP contribution < -0.4 is 5.56 Å². The molecule has 1 aromatic carbocycles. The van der Waals surface area contributed by atoms with Crippen molar-refractivity contribution in [2.75, 3.05) is 0 Å². The molecular formula is C13H15FN2O2. The van der Waals surface area contributed by atoms with Crippen molar-refractivity contribution in [1.82, 2.24) is 9.78 Å². The number of hydrogen-bond donors (Lipinski definition) is 2. The van der Waals surface area contributed by atoms with Crippen molar-refractivity contribution in [3.05, 3.63) is 51.7 Å². The second kappa shape index (κ2) is 4.78. The van der Waals surface area contributed by atoms with Crippen LogP contribution in [0, 0.1) is 5.82 Å². The maximum Gasteiger partial charge on any atom is 0.277 e. The molecule has 0 amide bonds. The number of aromatic amines is 1. The monoisotopic (exact) mass is 250 g/mol. The van der Waals surface area contributed by atoms with Crippen molar-refractivity contribution in [2.45, 2.75) is 26.4 Å². The highest BCUT2D eigenvalue weighted by Crippen LogP contribution is 2.16. The molecule has 0 aliphatic heterocycles. The zero-order valence-electron chi connectivity index (χ0n) is 10.3. The molecule has 4 nitrogen and oxygen atoms in total. The van der Waals surface area contributed by atoms with Gasteiger partial charge in [-0.25, -0.2) is 9.07 Å². The second-order valence-electron chi connectivity index (χ2n) is 4.43. The van der Waals surface area contributed by atoms with Gasteiger partial charge in [0.1, 0.15) is 5.82 Å². The van der Waals surface area contributed by atoms with E-state index in [2.05, 4.69) is 5.10 Å². The van der Waals surface area contributed by atoms with E-state index in [4.69, 9.17) is 0 Å². The fraction of sp³-hybridized carbons (Fsp3) is 0.308. The minimum atomic E-state index is -0.357. The number of nitrogens with one attached hydrogen (secondary N) is 1. The largest absolute Gasteiger partial charge is 0.391 e. The van der Waals surface area contributed by atoms with Gasteiger partial charge in [0.25, 0.3) is 5.56 Å². The summed E-state index contributed by atoms with van der Waals surface area (Å²) in [6, 6.07) is 5.60. The Morgan fingerprint density at radius 2 is 1.94 bits per heavy atom. The molecule has 0 saturated carbocycles. The number of hydrogen-bond acceptors (Lipinski definition) is 2.